The molecule has 2 rings (SSSR count). The van der Waals surface area contributed by atoms with Gasteiger partial charge in [-0.1, -0.05) is 22.0 Å². The van der Waals surface area contributed by atoms with Crippen molar-refractivity contribution < 1.29 is 9.84 Å². The maximum atomic E-state index is 9.51. The van der Waals surface area contributed by atoms with Crippen molar-refractivity contribution >= 4 is 15.9 Å². The Kier molecular flexibility index (Phi) is 6.05. The van der Waals surface area contributed by atoms with Crippen LogP contribution in [-0.2, 0) is 6.54 Å². The molecule has 1 N–H and O–H groups in total. The predicted octanol–water partition coefficient (Wildman–Crippen LogP) is 2.34. The van der Waals surface area contributed by atoms with E-state index >= 15 is 0 Å². The van der Waals surface area contributed by atoms with E-state index in [1.165, 1.54) is 5.56 Å². The van der Waals surface area contributed by atoms with E-state index in [1.54, 1.807) is 7.11 Å². The molecule has 0 radical (unpaired) electrons. The zero-order valence-electron chi connectivity index (χ0n) is 13.1. The van der Waals surface area contributed by atoms with Gasteiger partial charge in [-0.05, 0) is 26.0 Å². The first-order valence-corrected chi connectivity index (χ1v) is 8.25. The van der Waals surface area contributed by atoms with Crippen molar-refractivity contribution in [3.05, 3.63) is 28.2 Å². The van der Waals surface area contributed by atoms with Crippen molar-refractivity contribution in [2.45, 2.75) is 32.5 Å². The molecule has 0 bridgehead atoms. The second-order valence-electron chi connectivity index (χ2n) is 5.88. The molecule has 0 aromatic heterocycles. The molecule has 1 heterocycles. The second kappa shape index (κ2) is 7.58. The summed E-state index contributed by atoms with van der Waals surface area (Å²) in [6.07, 6.45) is -0.254. The van der Waals surface area contributed by atoms with Crippen molar-refractivity contribution in [2.75, 3.05) is 33.3 Å². The van der Waals surface area contributed by atoms with E-state index in [-0.39, 0.29) is 6.10 Å². The molecule has 0 spiro atoms. The molecule has 21 heavy (non-hydrogen) atoms. The molecule has 1 aromatic rings. The van der Waals surface area contributed by atoms with Crippen molar-refractivity contribution in [1.82, 2.24) is 9.80 Å². The molecular formula is C16H25BrN2O2. The van der Waals surface area contributed by atoms with Crippen molar-refractivity contribution in [1.29, 1.82) is 0 Å². The largest absolute Gasteiger partial charge is 0.496 e. The quantitative estimate of drug-likeness (QED) is 0.878. The molecule has 1 fully saturated rings. The fourth-order valence-electron chi connectivity index (χ4n) is 2.91. The molecule has 118 valence electrons. The van der Waals surface area contributed by atoms with E-state index in [0.29, 0.717) is 6.04 Å². The third-order valence-corrected chi connectivity index (χ3v) is 4.49. The van der Waals surface area contributed by atoms with Gasteiger partial charge in [0.25, 0.3) is 0 Å². The fourth-order valence-corrected chi connectivity index (χ4v) is 3.25. The summed E-state index contributed by atoms with van der Waals surface area (Å²) >= 11 is 3.48. The number of ether oxygens (including phenoxy) is 1. The fraction of sp³-hybridized carbons (Fsp3) is 0.625. The number of aliphatic hydroxyl groups excluding tert-OH is 1. The minimum atomic E-state index is -0.254. The lowest BCUT2D eigenvalue weighted by Gasteiger charge is -2.40. The van der Waals surface area contributed by atoms with Crippen LogP contribution >= 0.6 is 15.9 Å². The Morgan fingerprint density at radius 1 is 1.43 bits per heavy atom. The van der Waals surface area contributed by atoms with Gasteiger partial charge in [-0.3, -0.25) is 9.80 Å². The van der Waals surface area contributed by atoms with Gasteiger partial charge in [-0.2, -0.15) is 0 Å². The van der Waals surface area contributed by atoms with Crippen LogP contribution < -0.4 is 4.74 Å². The number of hydrogen-bond acceptors (Lipinski definition) is 4. The molecule has 1 aromatic carbocycles. The van der Waals surface area contributed by atoms with Crippen LogP contribution in [0.4, 0.5) is 0 Å². The first-order valence-electron chi connectivity index (χ1n) is 7.46. The normalized spacial score (nSPS) is 22.2. The lowest BCUT2D eigenvalue weighted by Crippen LogP contribution is -2.52. The van der Waals surface area contributed by atoms with Crippen LogP contribution in [0.25, 0.3) is 0 Å². The molecule has 1 aliphatic rings. The van der Waals surface area contributed by atoms with Crippen LogP contribution in [0, 0.1) is 0 Å². The van der Waals surface area contributed by atoms with Crippen LogP contribution in [0.5, 0.6) is 5.75 Å². The number of β-amino-alcohol motifs (C(OH)–C–C–N with tert-alkyl or cyclic N) is 1. The van der Waals surface area contributed by atoms with Gasteiger partial charge in [0, 0.05) is 48.8 Å². The maximum Gasteiger partial charge on any atom is 0.124 e. The van der Waals surface area contributed by atoms with Gasteiger partial charge >= 0.3 is 0 Å². The van der Waals surface area contributed by atoms with Crippen LogP contribution in [0.3, 0.4) is 0 Å². The Labute approximate surface area is 135 Å². The standard InChI is InChI=1S/C16H25BrN2O2/c1-12-9-18(10-13(2)20)6-7-19(12)11-14-4-5-15(17)8-16(14)21-3/h4-5,8,12-13,20H,6-7,9-11H2,1-3H3. The van der Waals surface area contributed by atoms with E-state index in [4.69, 9.17) is 4.74 Å². The monoisotopic (exact) mass is 356 g/mol. The molecule has 2 atom stereocenters. The van der Waals surface area contributed by atoms with Crippen molar-refractivity contribution in [3.63, 3.8) is 0 Å². The lowest BCUT2D eigenvalue weighted by molar-refractivity contribution is 0.0469. The number of hydrogen-bond donors (Lipinski definition) is 1. The molecule has 4 nitrogen and oxygen atoms in total. The average Bonchev–Trinajstić information content (AvgIpc) is 2.42. The van der Waals surface area contributed by atoms with Gasteiger partial charge in [0.05, 0.1) is 13.2 Å². The third-order valence-electron chi connectivity index (χ3n) is 3.99. The molecule has 5 heteroatoms. The minimum Gasteiger partial charge on any atom is -0.496 e. The zero-order valence-corrected chi connectivity index (χ0v) is 14.6. The van der Waals surface area contributed by atoms with Gasteiger partial charge in [0.1, 0.15) is 5.75 Å². The Morgan fingerprint density at radius 3 is 2.81 bits per heavy atom. The summed E-state index contributed by atoms with van der Waals surface area (Å²) in [7, 11) is 1.72. The Balaban J connectivity index is 1.98. The summed E-state index contributed by atoms with van der Waals surface area (Å²) in [5, 5.41) is 9.51. The summed E-state index contributed by atoms with van der Waals surface area (Å²) < 4.78 is 6.52. The van der Waals surface area contributed by atoms with Gasteiger partial charge in [-0.15, -0.1) is 0 Å². The van der Waals surface area contributed by atoms with E-state index < -0.39 is 0 Å². The number of halogens is 1. The molecule has 2 unspecified atom stereocenters. The van der Waals surface area contributed by atoms with E-state index in [2.05, 4.69) is 44.8 Å². The van der Waals surface area contributed by atoms with E-state index in [1.807, 2.05) is 13.0 Å². The summed E-state index contributed by atoms with van der Waals surface area (Å²) in [4.78, 5) is 4.81. The summed E-state index contributed by atoms with van der Waals surface area (Å²) in [6.45, 7) is 8.80. The van der Waals surface area contributed by atoms with Gasteiger partial charge in [0.2, 0.25) is 0 Å². The zero-order chi connectivity index (χ0) is 15.4. The highest BCUT2D eigenvalue weighted by atomic mass is 79.9. The van der Waals surface area contributed by atoms with Crippen LogP contribution in [-0.4, -0.2) is 60.3 Å². The number of methoxy groups -OCH3 is 1. The molecular weight excluding hydrogens is 332 g/mol. The van der Waals surface area contributed by atoms with Crippen molar-refractivity contribution in [2.24, 2.45) is 0 Å². The van der Waals surface area contributed by atoms with Crippen LogP contribution in [0.15, 0.2) is 22.7 Å². The van der Waals surface area contributed by atoms with Gasteiger partial charge < -0.3 is 9.84 Å². The molecule has 0 saturated carbocycles. The van der Waals surface area contributed by atoms with Gasteiger partial charge in [-0.25, -0.2) is 0 Å². The second-order valence-corrected chi connectivity index (χ2v) is 6.80. The average molecular weight is 357 g/mol. The maximum absolute atomic E-state index is 9.51. The molecule has 0 aliphatic carbocycles. The number of aliphatic hydroxyl groups is 1. The highest BCUT2D eigenvalue weighted by molar-refractivity contribution is 9.10. The molecule has 1 aliphatic heterocycles. The topological polar surface area (TPSA) is 35.9 Å². The number of nitrogens with zero attached hydrogens (tertiary/aromatic N) is 2. The van der Waals surface area contributed by atoms with Crippen LogP contribution in [0.1, 0.15) is 19.4 Å². The molecule has 1 saturated heterocycles. The number of benzene rings is 1. The summed E-state index contributed by atoms with van der Waals surface area (Å²) in [5.74, 6) is 0.933. The molecule has 0 amide bonds. The Hall–Kier alpha value is -0.620. The highest BCUT2D eigenvalue weighted by Crippen LogP contribution is 2.26. The smallest absolute Gasteiger partial charge is 0.124 e. The number of rotatable bonds is 5. The van der Waals surface area contributed by atoms with Crippen molar-refractivity contribution in [3.8, 4) is 5.75 Å². The van der Waals surface area contributed by atoms with Crippen LogP contribution in [0.2, 0.25) is 0 Å². The number of piperazine rings is 1. The Morgan fingerprint density at radius 2 is 2.19 bits per heavy atom. The van der Waals surface area contributed by atoms with Gasteiger partial charge in [0.15, 0.2) is 0 Å². The predicted molar refractivity (Wildman–Crippen MR) is 88.7 cm³/mol. The van der Waals surface area contributed by atoms with E-state index in [0.717, 1.165) is 42.9 Å². The SMILES string of the molecule is COc1cc(Br)ccc1CN1CCN(CC(C)O)CC1C. The third kappa shape index (κ3) is 4.68. The summed E-state index contributed by atoms with van der Waals surface area (Å²) in [6, 6.07) is 6.68. The summed E-state index contributed by atoms with van der Waals surface area (Å²) in [5.41, 5.74) is 1.22. The first-order chi connectivity index (χ1) is 9.99. The Bertz CT molecular complexity index is 468. The first kappa shape index (κ1) is 16.7. The van der Waals surface area contributed by atoms with E-state index in [9.17, 15) is 5.11 Å². The lowest BCUT2D eigenvalue weighted by atomic mass is 10.1. The highest BCUT2D eigenvalue weighted by Gasteiger charge is 2.24. The minimum absolute atomic E-state index is 0.254.